The Labute approximate surface area is 82.5 Å². The lowest BCUT2D eigenvalue weighted by Crippen LogP contribution is -2.58. The summed E-state index contributed by atoms with van der Waals surface area (Å²) in [5, 5.41) is 9.67. The Morgan fingerprint density at radius 1 is 1.07 bits per heavy atom. The second-order valence-electron chi connectivity index (χ2n) is 4.29. The van der Waals surface area contributed by atoms with Crippen LogP contribution in [0, 0.1) is 11.8 Å². The molecule has 0 amide bonds. The van der Waals surface area contributed by atoms with Gasteiger partial charge in [-0.15, -0.1) is 0 Å². The molecule has 0 radical (unpaired) electrons. The molecule has 1 spiro atoms. The maximum Gasteiger partial charge on any atom is 0.259 e. The van der Waals surface area contributed by atoms with E-state index in [0.29, 0.717) is 26.1 Å². The van der Waals surface area contributed by atoms with Crippen LogP contribution in [-0.2, 0) is 14.2 Å². The molecular weight excluding hydrogens is 184 g/mol. The van der Waals surface area contributed by atoms with Gasteiger partial charge in [-0.2, -0.15) is 0 Å². The summed E-state index contributed by atoms with van der Waals surface area (Å²) in [5.74, 6) is -0.225. The minimum atomic E-state index is -0.530. The third-order valence-electron chi connectivity index (χ3n) is 3.45. The van der Waals surface area contributed by atoms with Gasteiger partial charge in [0.05, 0.1) is 31.2 Å². The second-order valence-corrected chi connectivity index (χ2v) is 4.29. The van der Waals surface area contributed by atoms with Crippen molar-refractivity contribution in [1.29, 1.82) is 0 Å². The average Bonchev–Trinajstić information content (AvgIpc) is 2.58. The first kappa shape index (κ1) is 8.56. The van der Waals surface area contributed by atoms with Crippen LogP contribution < -0.4 is 0 Å². The number of rotatable bonds is 0. The topological polar surface area (TPSA) is 47.9 Å². The van der Waals surface area contributed by atoms with E-state index in [4.69, 9.17) is 14.2 Å². The molecule has 2 bridgehead atoms. The largest absolute Gasteiger partial charge is 0.456 e. The molecule has 2 aliphatic heterocycles. The van der Waals surface area contributed by atoms with E-state index >= 15 is 0 Å². The summed E-state index contributed by atoms with van der Waals surface area (Å²) in [6.07, 6.45) is 4.38. The molecule has 0 aromatic heterocycles. The van der Waals surface area contributed by atoms with Crippen molar-refractivity contribution in [2.24, 2.45) is 11.8 Å². The molecule has 4 heteroatoms. The fraction of sp³-hybridized carbons (Fsp3) is 0.800. The fourth-order valence-electron chi connectivity index (χ4n) is 2.82. The summed E-state index contributed by atoms with van der Waals surface area (Å²) in [4.78, 5) is 0. The van der Waals surface area contributed by atoms with Crippen LogP contribution in [0.4, 0.5) is 0 Å². The van der Waals surface area contributed by atoms with Crippen molar-refractivity contribution in [2.75, 3.05) is 13.2 Å². The van der Waals surface area contributed by atoms with Crippen LogP contribution in [0.1, 0.15) is 12.8 Å². The molecule has 1 saturated carbocycles. The lowest BCUT2D eigenvalue weighted by Gasteiger charge is -2.49. The van der Waals surface area contributed by atoms with Gasteiger partial charge in [0, 0.05) is 0 Å². The number of hydrogen-bond acceptors (Lipinski definition) is 4. The van der Waals surface area contributed by atoms with Crippen LogP contribution in [0.2, 0.25) is 0 Å². The van der Waals surface area contributed by atoms with Crippen LogP contribution in [0.5, 0.6) is 0 Å². The van der Waals surface area contributed by atoms with Gasteiger partial charge in [0.25, 0.3) is 5.79 Å². The summed E-state index contributed by atoms with van der Waals surface area (Å²) in [6.45, 7) is 1.24. The van der Waals surface area contributed by atoms with E-state index in [9.17, 15) is 5.11 Å². The molecule has 1 unspecified atom stereocenters. The third kappa shape index (κ3) is 1.01. The molecule has 3 aliphatic rings. The normalized spacial score (nSPS) is 43.4. The first-order chi connectivity index (χ1) is 6.81. The molecule has 0 aromatic carbocycles. The summed E-state index contributed by atoms with van der Waals surface area (Å²) in [5.41, 5.74) is 0. The minimum absolute atomic E-state index is 0.153. The first-order valence-corrected chi connectivity index (χ1v) is 5.08. The van der Waals surface area contributed by atoms with Crippen LogP contribution in [-0.4, -0.2) is 30.2 Å². The Hall–Kier alpha value is -0.740. The highest BCUT2D eigenvalue weighted by atomic mass is 16.7. The number of aliphatic hydroxyl groups excluding tert-OH is 1. The minimum Gasteiger partial charge on any atom is -0.456 e. The zero-order valence-electron chi connectivity index (χ0n) is 7.89. The van der Waals surface area contributed by atoms with E-state index in [-0.39, 0.29) is 17.9 Å². The van der Waals surface area contributed by atoms with Gasteiger partial charge < -0.3 is 19.3 Å². The monoisotopic (exact) mass is 198 g/mol. The van der Waals surface area contributed by atoms with Gasteiger partial charge in [0.15, 0.2) is 0 Å². The molecule has 78 valence electrons. The molecule has 4 nitrogen and oxygen atoms in total. The first-order valence-electron chi connectivity index (χ1n) is 5.08. The van der Waals surface area contributed by atoms with Crippen molar-refractivity contribution >= 4 is 0 Å². The van der Waals surface area contributed by atoms with Gasteiger partial charge in [-0.25, -0.2) is 0 Å². The van der Waals surface area contributed by atoms with Crippen molar-refractivity contribution in [3.63, 3.8) is 0 Å². The van der Waals surface area contributed by atoms with Crippen LogP contribution in [0.15, 0.2) is 12.5 Å². The van der Waals surface area contributed by atoms with Crippen molar-refractivity contribution in [3.8, 4) is 0 Å². The molecule has 2 heterocycles. The maximum absolute atomic E-state index is 9.67. The highest BCUT2D eigenvalue weighted by Crippen LogP contribution is 2.47. The number of hydrogen-bond donors (Lipinski definition) is 1. The fourth-order valence-corrected chi connectivity index (χ4v) is 2.82. The smallest absolute Gasteiger partial charge is 0.259 e. The highest BCUT2D eigenvalue weighted by Gasteiger charge is 2.57. The molecule has 1 saturated heterocycles. The van der Waals surface area contributed by atoms with Crippen LogP contribution in [0.3, 0.4) is 0 Å². The number of ether oxygens (including phenoxy) is 3. The van der Waals surface area contributed by atoms with E-state index in [0.717, 1.165) is 0 Å². The zero-order valence-corrected chi connectivity index (χ0v) is 7.89. The molecule has 14 heavy (non-hydrogen) atoms. The lowest BCUT2D eigenvalue weighted by atomic mass is 9.73. The van der Waals surface area contributed by atoms with Crippen LogP contribution in [0.25, 0.3) is 0 Å². The van der Waals surface area contributed by atoms with Gasteiger partial charge in [-0.1, -0.05) is 0 Å². The van der Waals surface area contributed by atoms with Crippen molar-refractivity contribution in [1.82, 2.24) is 0 Å². The quantitative estimate of drug-likeness (QED) is 0.619. The highest BCUT2D eigenvalue weighted by molar-refractivity contribution is 5.01. The van der Waals surface area contributed by atoms with Crippen LogP contribution >= 0.6 is 0 Å². The van der Waals surface area contributed by atoms with Crippen molar-refractivity contribution in [2.45, 2.75) is 24.7 Å². The number of aliphatic hydroxyl groups is 1. The molecule has 3 rings (SSSR count). The van der Waals surface area contributed by atoms with Gasteiger partial charge in [-0.05, 0) is 12.8 Å². The van der Waals surface area contributed by atoms with Gasteiger partial charge >= 0.3 is 0 Å². The zero-order chi connectivity index (χ0) is 9.60. The molecule has 2 fully saturated rings. The predicted molar refractivity (Wildman–Crippen MR) is 47.1 cm³/mol. The standard InChI is InChI=1S/C10H14O4/c11-9-3-7-5-12-6-8(4-9)10(7)13-1-2-14-10/h1-2,7-9,11H,3-6H2/t7-,8+,9?. The summed E-state index contributed by atoms with van der Waals surface area (Å²) >= 11 is 0. The van der Waals surface area contributed by atoms with Gasteiger partial charge in [0.2, 0.25) is 0 Å². The van der Waals surface area contributed by atoms with E-state index in [2.05, 4.69) is 0 Å². The van der Waals surface area contributed by atoms with E-state index in [1.54, 1.807) is 12.5 Å². The van der Waals surface area contributed by atoms with Gasteiger partial charge in [-0.3, -0.25) is 0 Å². The maximum atomic E-state index is 9.67. The Bertz CT molecular complexity index is 239. The molecule has 3 atom stereocenters. The van der Waals surface area contributed by atoms with E-state index in [1.807, 2.05) is 0 Å². The summed E-state index contributed by atoms with van der Waals surface area (Å²) in [7, 11) is 0. The summed E-state index contributed by atoms with van der Waals surface area (Å²) < 4.78 is 16.7. The van der Waals surface area contributed by atoms with Crippen molar-refractivity contribution < 1.29 is 19.3 Å². The Balaban J connectivity index is 1.90. The average molecular weight is 198 g/mol. The summed E-state index contributed by atoms with van der Waals surface area (Å²) in [6, 6.07) is 0. The molecule has 1 aliphatic carbocycles. The predicted octanol–water partition coefficient (Wildman–Crippen LogP) is 0.618. The van der Waals surface area contributed by atoms with E-state index in [1.165, 1.54) is 0 Å². The Morgan fingerprint density at radius 3 is 2.21 bits per heavy atom. The molecule has 0 aromatic rings. The SMILES string of the molecule is OC1C[C@H]2COC[C@@H](C1)C21OC=CO1. The molecular formula is C10H14O4. The van der Waals surface area contributed by atoms with Gasteiger partial charge in [0.1, 0.15) is 12.5 Å². The molecule has 1 N–H and O–H groups in total. The third-order valence-corrected chi connectivity index (χ3v) is 3.45. The van der Waals surface area contributed by atoms with Crippen molar-refractivity contribution in [3.05, 3.63) is 12.5 Å². The Kier molecular flexibility index (Phi) is 1.76. The van der Waals surface area contributed by atoms with E-state index < -0.39 is 5.79 Å². The lowest BCUT2D eigenvalue weighted by molar-refractivity contribution is -0.289. The Morgan fingerprint density at radius 2 is 1.64 bits per heavy atom. The second kappa shape index (κ2) is 2.87.